The summed E-state index contributed by atoms with van der Waals surface area (Å²) in [5.74, 6) is -0.305. The van der Waals surface area contributed by atoms with Gasteiger partial charge in [-0.2, -0.15) is 9.97 Å². The van der Waals surface area contributed by atoms with Gasteiger partial charge in [0.25, 0.3) is 5.92 Å². The molecule has 2 bridgehead atoms. The third-order valence-electron chi connectivity index (χ3n) is 13.8. The van der Waals surface area contributed by atoms with Gasteiger partial charge in [-0.05, 0) is 75.2 Å². The van der Waals surface area contributed by atoms with E-state index in [9.17, 15) is 13.9 Å². The van der Waals surface area contributed by atoms with Crippen molar-refractivity contribution in [3.63, 3.8) is 0 Å². The van der Waals surface area contributed by atoms with Gasteiger partial charge < -0.3 is 23.9 Å². The second kappa shape index (κ2) is 11.9. The highest BCUT2D eigenvalue weighted by Crippen LogP contribution is 2.69. The van der Waals surface area contributed by atoms with Crippen molar-refractivity contribution in [2.24, 2.45) is 11.3 Å². The molecule has 13 heteroatoms. The van der Waals surface area contributed by atoms with Gasteiger partial charge in [-0.3, -0.25) is 9.80 Å². The Balaban J connectivity index is 1.09. The van der Waals surface area contributed by atoms with Crippen molar-refractivity contribution in [2.45, 2.75) is 69.0 Å². The molecule has 7 heterocycles. The second-order valence-electron chi connectivity index (χ2n) is 17.3. The lowest BCUT2D eigenvalue weighted by atomic mass is 9.89. The smallest absolute Gasteiger partial charge is 0.319 e. The van der Waals surface area contributed by atoms with E-state index in [0.717, 1.165) is 45.6 Å². The van der Waals surface area contributed by atoms with E-state index in [-0.39, 0.29) is 70.0 Å². The van der Waals surface area contributed by atoms with Gasteiger partial charge in [-0.1, -0.05) is 12.0 Å². The zero-order chi connectivity index (χ0) is 38.3. The molecule has 2 unspecified atom stereocenters. The highest BCUT2D eigenvalue weighted by Gasteiger charge is 2.77. The number of nitrogens with zero attached hydrogens (tertiary/aromatic N) is 5. The summed E-state index contributed by atoms with van der Waals surface area (Å²) in [4.78, 5) is 16.8. The predicted octanol–water partition coefficient (Wildman–Crippen LogP) is 7.41. The number of halogens is 4. The fourth-order valence-corrected chi connectivity index (χ4v) is 11.0. The number of rotatable bonds is 7. The van der Waals surface area contributed by atoms with Crippen LogP contribution in [0.1, 0.15) is 49.8 Å². The number of aryl methyl sites for hydroxylation is 1. The Kier molecular flexibility index (Phi) is 7.38. The van der Waals surface area contributed by atoms with Crippen LogP contribution in [0.15, 0.2) is 34.7 Å². The number of anilines is 1. The molecule has 6 fully saturated rings. The number of aromatic hydroxyl groups is 1. The summed E-state index contributed by atoms with van der Waals surface area (Å²) < 4.78 is 80.7. The number of benzene rings is 3. The fourth-order valence-electron chi connectivity index (χ4n) is 11.0. The minimum absolute atomic E-state index is 0.0257. The first-order valence-electron chi connectivity index (χ1n) is 19.7. The number of phenolic OH excluding ortho intramolecular Hbond substituents is 1. The maximum Gasteiger partial charge on any atom is 0.319 e. The Morgan fingerprint density at radius 3 is 2.55 bits per heavy atom. The number of hydrogen-bond acceptors (Lipinski definition) is 9. The minimum Gasteiger partial charge on any atom is -0.508 e. The summed E-state index contributed by atoms with van der Waals surface area (Å²) in [7, 11) is 0. The number of phenols is 1. The van der Waals surface area contributed by atoms with Crippen molar-refractivity contribution >= 4 is 38.5 Å². The van der Waals surface area contributed by atoms with Crippen LogP contribution in [-0.2, 0) is 4.74 Å². The van der Waals surface area contributed by atoms with Crippen molar-refractivity contribution in [1.82, 2.24) is 19.8 Å². The van der Waals surface area contributed by atoms with Crippen LogP contribution in [0, 0.1) is 42.2 Å². The molecule has 9 nitrogen and oxygen atoms in total. The van der Waals surface area contributed by atoms with Crippen LogP contribution in [-0.4, -0.2) is 101 Å². The Hall–Kier alpha value is -4.64. The summed E-state index contributed by atoms with van der Waals surface area (Å²) in [5, 5.41) is 12.6. The molecule has 0 radical (unpaired) electrons. The van der Waals surface area contributed by atoms with E-state index in [2.05, 4.69) is 20.6 Å². The van der Waals surface area contributed by atoms with E-state index >= 15 is 8.78 Å². The molecule has 1 aliphatic carbocycles. The highest BCUT2D eigenvalue weighted by molar-refractivity contribution is 6.18. The SMILES string of the molecule is C#Cc1c(F)ccc2cc(O)cc(-c3c(F)c4nc(OC[C@]56CCCN5C[C@@]5(CC5(F)F)C6)nc(N5CC6CCC(C5)N6CC5COC5)c4c4cc(C)oc34)c12. The molecule has 3 aromatic carbocycles. The van der Waals surface area contributed by atoms with Gasteiger partial charge in [0.2, 0.25) is 0 Å². The molecule has 5 aromatic rings. The number of hydrogen-bond donors (Lipinski definition) is 1. The monoisotopic (exact) mass is 767 g/mol. The standard InChI is InChI=1S/C43H41F4N5O4/c1-3-29-32(44)8-5-25-12-28(53)13-30(33(25)29)34-36(45)37-35(31-11-23(2)56-38(31)34)39(50-15-26-6-7-27(16-50)52(26)14-24-17-54-18-24)49-40(48-37)55-22-42-9-4-10-51(42)21-41(19-42)20-43(41,46)47/h1,5,8,11-13,24,26-27,53H,4,6-7,9-10,14-22H2,2H3/t26?,27?,41-,42+/m0/s1. The molecule has 4 atom stereocenters. The first kappa shape index (κ1) is 34.6. The lowest BCUT2D eigenvalue weighted by Crippen LogP contribution is -2.56. The molecule has 5 aliphatic heterocycles. The summed E-state index contributed by atoms with van der Waals surface area (Å²) in [6.07, 6.45) is 9.71. The number of fused-ring (bicyclic) bond motifs is 7. The van der Waals surface area contributed by atoms with Gasteiger partial charge in [-0.15, -0.1) is 6.42 Å². The maximum absolute atomic E-state index is 17.8. The Morgan fingerprint density at radius 2 is 1.84 bits per heavy atom. The van der Waals surface area contributed by atoms with Crippen LogP contribution in [0.25, 0.3) is 43.8 Å². The quantitative estimate of drug-likeness (QED) is 0.134. The van der Waals surface area contributed by atoms with E-state index in [1.54, 1.807) is 6.92 Å². The molecular weight excluding hydrogens is 726 g/mol. The number of ether oxygens (including phenoxy) is 2. The van der Waals surface area contributed by atoms with Crippen LogP contribution in [0.5, 0.6) is 11.8 Å². The molecule has 6 aliphatic rings. The van der Waals surface area contributed by atoms with E-state index in [1.165, 1.54) is 24.3 Å². The average molecular weight is 768 g/mol. The largest absolute Gasteiger partial charge is 0.508 e. The molecule has 5 saturated heterocycles. The van der Waals surface area contributed by atoms with Gasteiger partial charge in [0.1, 0.15) is 40.9 Å². The summed E-state index contributed by atoms with van der Waals surface area (Å²) >= 11 is 0. The summed E-state index contributed by atoms with van der Waals surface area (Å²) in [6.45, 7) is 6.77. The third-order valence-corrected chi connectivity index (χ3v) is 13.8. The van der Waals surface area contributed by atoms with Gasteiger partial charge in [0.05, 0.1) is 40.7 Å². The lowest BCUT2D eigenvalue weighted by molar-refractivity contribution is -0.0538. The molecule has 0 amide bonds. The Labute approximate surface area is 320 Å². The van der Waals surface area contributed by atoms with E-state index in [0.29, 0.717) is 66.1 Å². The number of piperazine rings is 1. The van der Waals surface area contributed by atoms with Crippen molar-refractivity contribution in [3.8, 4) is 35.2 Å². The van der Waals surface area contributed by atoms with Crippen molar-refractivity contribution < 1.29 is 36.6 Å². The van der Waals surface area contributed by atoms with E-state index < -0.39 is 28.5 Å². The first-order chi connectivity index (χ1) is 27.0. The number of alkyl halides is 2. The molecule has 1 spiro atoms. The summed E-state index contributed by atoms with van der Waals surface area (Å²) in [6, 6.07) is 7.86. The average Bonchev–Trinajstić information content (AvgIpc) is 3.60. The van der Waals surface area contributed by atoms with Crippen LogP contribution < -0.4 is 9.64 Å². The predicted molar refractivity (Wildman–Crippen MR) is 202 cm³/mol. The van der Waals surface area contributed by atoms with Crippen LogP contribution in [0.4, 0.5) is 23.4 Å². The fraction of sp³-hybridized carbons (Fsp3) is 0.488. The maximum atomic E-state index is 17.8. The molecule has 2 aromatic heterocycles. The van der Waals surface area contributed by atoms with Crippen LogP contribution >= 0.6 is 0 Å². The molecule has 11 rings (SSSR count). The first-order valence-corrected chi connectivity index (χ1v) is 19.7. The normalized spacial score (nSPS) is 28.5. The van der Waals surface area contributed by atoms with Crippen LogP contribution in [0.3, 0.4) is 0 Å². The van der Waals surface area contributed by atoms with Crippen molar-refractivity contribution in [3.05, 3.63) is 53.3 Å². The lowest BCUT2D eigenvalue weighted by Gasteiger charge is -2.44. The Morgan fingerprint density at radius 1 is 1.05 bits per heavy atom. The highest BCUT2D eigenvalue weighted by atomic mass is 19.3. The van der Waals surface area contributed by atoms with Gasteiger partial charge >= 0.3 is 6.01 Å². The number of furan rings is 1. The van der Waals surface area contributed by atoms with Gasteiger partial charge in [0, 0.05) is 66.9 Å². The zero-order valence-electron chi connectivity index (χ0n) is 31.0. The van der Waals surface area contributed by atoms with Crippen molar-refractivity contribution in [2.75, 3.05) is 57.4 Å². The van der Waals surface area contributed by atoms with Gasteiger partial charge in [-0.25, -0.2) is 17.6 Å². The van der Waals surface area contributed by atoms with Gasteiger partial charge in [0.15, 0.2) is 5.82 Å². The number of terminal acetylenes is 1. The molecule has 290 valence electrons. The molecule has 1 saturated carbocycles. The third kappa shape index (κ3) is 4.97. The van der Waals surface area contributed by atoms with Crippen LogP contribution in [0.2, 0.25) is 0 Å². The number of aromatic nitrogens is 2. The summed E-state index contributed by atoms with van der Waals surface area (Å²) in [5.41, 5.74) is -1.38. The van der Waals surface area contributed by atoms with E-state index in [1.807, 2.05) is 6.07 Å². The van der Waals surface area contributed by atoms with Crippen molar-refractivity contribution in [1.29, 1.82) is 0 Å². The topological polar surface area (TPSA) is 87.3 Å². The molecule has 56 heavy (non-hydrogen) atoms. The minimum atomic E-state index is -2.68. The van der Waals surface area contributed by atoms with E-state index in [4.69, 9.17) is 30.3 Å². The molecule has 1 N–H and O–H groups in total. The molecular formula is C43H41F4N5O4. The Bertz CT molecular complexity index is 2520. The second-order valence-corrected chi connectivity index (χ2v) is 17.3. The zero-order valence-corrected chi connectivity index (χ0v) is 31.0.